The minimum Gasteiger partial charge on any atom is -0.507 e. The smallest absolute Gasteiger partial charge is 0.223 e. The van der Waals surface area contributed by atoms with Crippen LogP contribution in [0.3, 0.4) is 0 Å². The lowest BCUT2D eigenvalue weighted by molar-refractivity contribution is -0.116. The Morgan fingerprint density at radius 3 is 2.86 bits per heavy atom. The van der Waals surface area contributed by atoms with E-state index in [1.807, 2.05) is 30.3 Å². The maximum absolute atomic E-state index is 11.5. The molecule has 0 aliphatic carbocycles. The summed E-state index contributed by atoms with van der Waals surface area (Å²) in [5.41, 5.74) is 3.62. The van der Waals surface area contributed by atoms with Crippen molar-refractivity contribution in [2.24, 2.45) is 4.99 Å². The molecule has 0 saturated heterocycles. The van der Waals surface area contributed by atoms with Gasteiger partial charge in [0.1, 0.15) is 5.75 Å². The first-order valence-electron chi connectivity index (χ1n) is 6.88. The van der Waals surface area contributed by atoms with Crippen LogP contribution in [-0.4, -0.2) is 23.8 Å². The number of rotatable bonds is 2. The molecule has 0 fully saturated rings. The summed E-state index contributed by atoms with van der Waals surface area (Å²) in [6.45, 7) is 2.32. The fourth-order valence-corrected chi connectivity index (χ4v) is 2.54. The van der Waals surface area contributed by atoms with Crippen LogP contribution in [0.15, 0.2) is 47.5 Å². The number of phenolic OH excluding ortho intramolecular Hbond substituents is 1. The molecule has 0 atom stereocenters. The Bertz CT molecular complexity index is 722. The predicted octanol–water partition coefficient (Wildman–Crippen LogP) is 3.05. The van der Waals surface area contributed by atoms with Gasteiger partial charge in [-0.1, -0.05) is 12.1 Å². The van der Waals surface area contributed by atoms with Crippen molar-refractivity contribution in [3.63, 3.8) is 0 Å². The Kier molecular flexibility index (Phi) is 3.44. The molecular formula is C17H16N2O2. The lowest BCUT2D eigenvalue weighted by Gasteiger charge is -2.14. The second-order valence-electron chi connectivity index (χ2n) is 5.05. The molecule has 0 unspecified atom stereocenters. The van der Waals surface area contributed by atoms with Crippen molar-refractivity contribution in [3.05, 3.63) is 53.6 Å². The van der Waals surface area contributed by atoms with Gasteiger partial charge in [-0.05, 0) is 42.3 Å². The number of fused-ring (bicyclic) bond motifs is 1. The molecule has 2 aromatic rings. The van der Waals surface area contributed by atoms with Gasteiger partial charge >= 0.3 is 0 Å². The van der Waals surface area contributed by atoms with Gasteiger partial charge in [0.05, 0.1) is 5.69 Å². The number of aromatic hydroxyl groups is 1. The summed E-state index contributed by atoms with van der Waals surface area (Å²) in [5, 5.41) is 9.70. The molecule has 1 aliphatic heterocycles. The van der Waals surface area contributed by atoms with Gasteiger partial charge in [0.15, 0.2) is 0 Å². The molecule has 4 heteroatoms. The van der Waals surface area contributed by atoms with Gasteiger partial charge in [0, 0.05) is 30.9 Å². The van der Waals surface area contributed by atoms with Gasteiger partial charge in [-0.25, -0.2) is 0 Å². The summed E-state index contributed by atoms with van der Waals surface area (Å²) in [5.74, 6) is 0.282. The van der Waals surface area contributed by atoms with Crippen molar-refractivity contribution < 1.29 is 9.90 Å². The van der Waals surface area contributed by atoms with Crippen molar-refractivity contribution >= 4 is 23.5 Å². The molecule has 0 saturated carbocycles. The molecule has 2 aromatic carbocycles. The van der Waals surface area contributed by atoms with Gasteiger partial charge in [-0.15, -0.1) is 0 Å². The van der Waals surface area contributed by atoms with Crippen molar-refractivity contribution in [1.29, 1.82) is 0 Å². The molecule has 0 bridgehead atoms. The first-order valence-corrected chi connectivity index (χ1v) is 6.88. The number of carbonyl (C=O) groups is 1. The average Bonchev–Trinajstić information content (AvgIpc) is 2.89. The van der Waals surface area contributed by atoms with Crippen LogP contribution in [0.2, 0.25) is 0 Å². The predicted molar refractivity (Wildman–Crippen MR) is 83.5 cm³/mol. The number of anilines is 1. The number of amides is 1. The molecule has 0 radical (unpaired) electrons. The van der Waals surface area contributed by atoms with Gasteiger partial charge in [-0.2, -0.15) is 0 Å². The zero-order valence-corrected chi connectivity index (χ0v) is 11.8. The van der Waals surface area contributed by atoms with Gasteiger partial charge in [-0.3, -0.25) is 9.79 Å². The zero-order valence-electron chi connectivity index (χ0n) is 11.8. The molecule has 0 aromatic heterocycles. The van der Waals surface area contributed by atoms with Crippen molar-refractivity contribution in [3.8, 4) is 5.75 Å². The molecular weight excluding hydrogens is 264 g/mol. The number of carbonyl (C=O) groups excluding carboxylic acids is 1. The van der Waals surface area contributed by atoms with E-state index in [0.717, 1.165) is 29.9 Å². The molecule has 0 spiro atoms. The SMILES string of the molecule is CC(=O)N1CCc2cc(N=Cc3ccccc3O)ccc21. The number of aliphatic imine (C=N–C) groups is 1. The highest BCUT2D eigenvalue weighted by Gasteiger charge is 2.21. The maximum atomic E-state index is 11.5. The van der Waals surface area contributed by atoms with Crippen LogP contribution in [0.1, 0.15) is 18.1 Å². The fraction of sp³-hybridized carbons (Fsp3) is 0.176. The van der Waals surface area contributed by atoms with Crippen LogP contribution in [-0.2, 0) is 11.2 Å². The average molecular weight is 280 g/mol. The van der Waals surface area contributed by atoms with Crippen LogP contribution in [0.5, 0.6) is 5.75 Å². The number of benzene rings is 2. The standard InChI is InChI=1S/C17H16N2O2/c1-12(20)19-9-8-13-10-15(6-7-16(13)19)18-11-14-4-2-3-5-17(14)21/h2-7,10-11,21H,8-9H2,1H3. The summed E-state index contributed by atoms with van der Waals surface area (Å²) in [6, 6.07) is 12.9. The van der Waals surface area contributed by atoms with E-state index in [0.29, 0.717) is 5.56 Å². The molecule has 21 heavy (non-hydrogen) atoms. The van der Waals surface area contributed by atoms with Crippen LogP contribution >= 0.6 is 0 Å². The molecule has 1 aliphatic rings. The minimum absolute atomic E-state index is 0.0687. The second kappa shape index (κ2) is 5.40. The third-order valence-electron chi connectivity index (χ3n) is 3.63. The number of nitrogens with zero attached hydrogens (tertiary/aromatic N) is 2. The van der Waals surface area contributed by atoms with Crippen molar-refractivity contribution in [1.82, 2.24) is 0 Å². The lowest BCUT2D eigenvalue weighted by atomic mass is 10.1. The van der Waals surface area contributed by atoms with Crippen LogP contribution in [0.4, 0.5) is 11.4 Å². The number of phenols is 1. The van der Waals surface area contributed by atoms with Crippen LogP contribution in [0, 0.1) is 0 Å². The maximum Gasteiger partial charge on any atom is 0.223 e. The third kappa shape index (κ3) is 2.65. The largest absolute Gasteiger partial charge is 0.507 e. The number of para-hydroxylation sites is 1. The van der Waals surface area contributed by atoms with E-state index in [-0.39, 0.29) is 11.7 Å². The van der Waals surface area contributed by atoms with Gasteiger partial charge in [0.2, 0.25) is 5.91 Å². The molecule has 1 amide bonds. The Morgan fingerprint density at radius 1 is 1.29 bits per heavy atom. The fourth-order valence-electron chi connectivity index (χ4n) is 2.54. The molecule has 1 N–H and O–H groups in total. The Labute approximate surface area is 123 Å². The Morgan fingerprint density at radius 2 is 2.10 bits per heavy atom. The molecule has 4 nitrogen and oxygen atoms in total. The van der Waals surface area contributed by atoms with Gasteiger partial charge < -0.3 is 10.0 Å². The zero-order chi connectivity index (χ0) is 14.8. The topological polar surface area (TPSA) is 52.9 Å². The highest BCUT2D eigenvalue weighted by molar-refractivity contribution is 5.94. The van der Waals surface area contributed by atoms with E-state index in [1.165, 1.54) is 0 Å². The second-order valence-corrected chi connectivity index (χ2v) is 5.05. The van der Waals surface area contributed by atoms with E-state index < -0.39 is 0 Å². The quantitative estimate of drug-likeness (QED) is 0.860. The monoisotopic (exact) mass is 280 g/mol. The highest BCUT2D eigenvalue weighted by Crippen LogP contribution is 2.31. The summed E-state index contributed by atoms with van der Waals surface area (Å²) >= 11 is 0. The first kappa shape index (κ1) is 13.4. The van der Waals surface area contributed by atoms with Crippen molar-refractivity contribution in [2.45, 2.75) is 13.3 Å². The first-order chi connectivity index (χ1) is 10.1. The molecule has 1 heterocycles. The van der Waals surface area contributed by atoms with E-state index in [2.05, 4.69) is 4.99 Å². The van der Waals surface area contributed by atoms with E-state index in [9.17, 15) is 9.90 Å². The Hall–Kier alpha value is -2.62. The van der Waals surface area contributed by atoms with Crippen LogP contribution < -0.4 is 4.90 Å². The number of hydrogen-bond acceptors (Lipinski definition) is 3. The summed E-state index contributed by atoms with van der Waals surface area (Å²) in [7, 11) is 0. The molecule has 106 valence electrons. The number of hydrogen-bond donors (Lipinski definition) is 1. The summed E-state index contributed by atoms with van der Waals surface area (Å²) in [4.78, 5) is 17.7. The van der Waals surface area contributed by atoms with E-state index in [4.69, 9.17) is 0 Å². The minimum atomic E-state index is 0.0687. The normalized spacial score (nSPS) is 13.7. The van der Waals surface area contributed by atoms with Crippen LogP contribution in [0.25, 0.3) is 0 Å². The van der Waals surface area contributed by atoms with Crippen molar-refractivity contribution in [2.75, 3.05) is 11.4 Å². The highest BCUT2D eigenvalue weighted by atomic mass is 16.3. The Balaban J connectivity index is 1.86. The van der Waals surface area contributed by atoms with E-state index in [1.54, 1.807) is 30.2 Å². The summed E-state index contributed by atoms with van der Waals surface area (Å²) < 4.78 is 0. The van der Waals surface area contributed by atoms with Gasteiger partial charge in [0.25, 0.3) is 0 Å². The lowest BCUT2D eigenvalue weighted by Crippen LogP contribution is -2.25. The third-order valence-corrected chi connectivity index (χ3v) is 3.63. The molecule has 3 rings (SSSR count). The summed E-state index contributed by atoms with van der Waals surface area (Å²) in [6.07, 6.45) is 2.50. The van der Waals surface area contributed by atoms with E-state index >= 15 is 0 Å².